The van der Waals surface area contributed by atoms with E-state index in [9.17, 15) is 4.79 Å². The van der Waals surface area contributed by atoms with Gasteiger partial charge in [0.2, 0.25) is 5.95 Å². The molecule has 0 saturated heterocycles. The molecule has 0 aliphatic heterocycles. The Labute approximate surface area is 184 Å². The first-order valence-corrected chi connectivity index (χ1v) is 10.2. The number of aryl methyl sites for hydroxylation is 1. The topological polar surface area (TPSA) is 90.5 Å². The number of benzene rings is 2. The Balaban J connectivity index is 1.46. The minimum atomic E-state index is -0.288. The molecule has 0 spiro atoms. The van der Waals surface area contributed by atoms with Crippen molar-refractivity contribution in [1.29, 1.82) is 0 Å². The molecule has 1 amide bonds. The van der Waals surface area contributed by atoms with Crippen LogP contribution in [-0.4, -0.2) is 35.4 Å². The molecule has 8 nitrogen and oxygen atoms in total. The third kappa shape index (κ3) is 3.74. The van der Waals surface area contributed by atoms with Crippen LogP contribution in [0.15, 0.2) is 73.2 Å². The van der Waals surface area contributed by atoms with Crippen LogP contribution in [0.2, 0.25) is 0 Å². The summed E-state index contributed by atoms with van der Waals surface area (Å²) in [6, 6.07) is 19.3. The summed E-state index contributed by atoms with van der Waals surface area (Å²) >= 11 is 0. The van der Waals surface area contributed by atoms with E-state index < -0.39 is 0 Å². The van der Waals surface area contributed by atoms with Gasteiger partial charge >= 0.3 is 0 Å². The van der Waals surface area contributed by atoms with E-state index in [1.165, 1.54) is 0 Å². The van der Waals surface area contributed by atoms with Gasteiger partial charge < -0.3 is 0 Å². The van der Waals surface area contributed by atoms with E-state index in [0.717, 1.165) is 27.7 Å². The van der Waals surface area contributed by atoms with Crippen LogP contribution >= 0.6 is 0 Å². The summed E-state index contributed by atoms with van der Waals surface area (Å²) in [5.41, 5.74) is 4.90. The summed E-state index contributed by atoms with van der Waals surface area (Å²) in [6.07, 6.45) is 3.37. The van der Waals surface area contributed by atoms with Crippen LogP contribution in [0.25, 0.3) is 22.2 Å². The maximum absolute atomic E-state index is 13.2. The zero-order chi connectivity index (χ0) is 22.1. The number of rotatable bonds is 5. The van der Waals surface area contributed by atoms with E-state index >= 15 is 0 Å². The number of aromatic nitrogens is 6. The highest BCUT2D eigenvalue weighted by molar-refractivity contribution is 6.12. The first-order valence-electron chi connectivity index (χ1n) is 10.2. The largest absolute Gasteiger partial charge is 0.289 e. The highest BCUT2D eigenvalue weighted by atomic mass is 16.1. The third-order valence-corrected chi connectivity index (χ3v) is 5.42. The van der Waals surface area contributed by atoms with E-state index in [-0.39, 0.29) is 11.9 Å². The monoisotopic (exact) mass is 423 g/mol. The fourth-order valence-electron chi connectivity index (χ4n) is 3.62. The van der Waals surface area contributed by atoms with Gasteiger partial charge in [-0.1, -0.05) is 48.5 Å². The van der Waals surface area contributed by atoms with Crippen molar-refractivity contribution in [3.63, 3.8) is 0 Å². The zero-order valence-electron chi connectivity index (χ0n) is 17.7. The summed E-state index contributed by atoms with van der Waals surface area (Å²) in [5.74, 6) is -0.0326. The SMILES string of the molecule is Cc1c(-c2cc(C(=O)Nc3ncn(Cc4ccccc4)n3)c3ccccc3n2)cnn1C. The molecule has 158 valence electrons. The van der Waals surface area contributed by atoms with E-state index in [1.807, 2.05) is 68.6 Å². The predicted molar refractivity (Wildman–Crippen MR) is 122 cm³/mol. The number of pyridine rings is 1. The second-order valence-corrected chi connectivity index (χ2v) is 7.54. The van der Waals surface area contributed by atoms with Crippen LogP contribution in [0.4, 0.5) is 5.95 Å². The number of fused-ring (bicyclic) bond motifs is 1. The summed E-state index contributed by atoms with van der Waals surface area (Å²) in [7, 11) is 1.88. The Morgan fingerprint density at radius 3 is 2.62 bits per heavy atom. The van der Waals surface area contributed by atoms with Crippen LogP contribution in [0.5, 0.6) is 0 Å². The highest BCUT2D eigenvalue weighted by Crippen LogP contribution is 2.27. The summed E-state index contributed by atoms with van der Waals surface area (Å²) in [6.45, 7) is 2.55. The van der Waals surface area contributed by atoms with Crippen molar-refractivity contribution in [2.24, 2.45) is 7.05 Å². The van der Waals surface area contributed by atoms with Gasteiger partial charge in [0.1, 0.15) is 6.33 Å². The van der Waals surface area contributed by atoms with Crippen molar-refractivity contribution in [2.45, 2.75) is 13.5 Å². The predicted octanol–water partition coefficient (Wildman–Crippen LogP) is 3.84. The van der Waals surface area contributed by atoms with Crippen LogP contribution in [0.3, 0.4) is 0 Å². The van der Waals surface area contributed by atoms with Gasteiger partial charge in [0.15, 0.2) is 0 Å². The Bertz CT molecular complexity index is 1420. The fraction of sp³-hybridized carbons (Fsp3) is 0.125. The average molecular weight is 423 g/mol. The minimum absolute atomic E-state index is 0.255. The fourth-order valence-corrected chi connectivity index (χ4v) is 3.62. The maximum atomic E-state index is 13.2. The lowest BCUT2D eigenvalue weighted by atomic mass is 10.0. The molecule has 0 unspecified atom stereocenters. The highest BCUT2D eigenvalue weighted by Gasteiger charge is 2.17. The van der Waals surface area contributed by atoms with Crippen molar-refractivity contribution < 1.29 is 4.79 Å². The number of carbonyl (C=O) groups is 1. The van der Waals surface area contributed by atoms with Crippen LogP contribution in [0.1, 0.15) is 21.6 Å². The van der Waals surface area contributed by atoms with Crippen molar-refractivity contribution in [2.75, 3.05) is 5.32 Å². The molecule has 5 aromatic rings. The number of anilines is 1. The molecule has 3 heterocycles. The molecule has 0 aliphatic carbocycles. The van der Waals surface area contributed by atoms with Crippen LogP contribution in [-0.2, 0) is 13.6 Å². The number of hydrogen-bond acceptors (Lipinski definition) is 5. The quantitative estimate of drug-likeness (QED) is 0.464. The van der Waals surface area contributed by atoms with Crippen molar-refractivity contribution in [1.82, 2.24) is 29.5 Å². The Kier molecular flexibility index (Phi) is 4.95. The molecule has 32 heavy (non-hydrogen) atoms. The van der Waals surface area contributed by atoms with Gasteiger partial charge in [-0.15, -0.1) is 5.10 Å². The molecule has 1 N–H and O–H groups in total. The maximum Gasteiger partial charge on any atom is 0.258 e. The van der Waals surface area contributed by atoms with Crippen LogP contribution in [0, 0.1) is 6.92 Å². The average Bonchev–Trinajstić information content (AvgIpc) is 3.39. The Morgan fingerprint density at radius 1 is 1.06 bits per heavy atom. The summed E-state index contributed by atoms with van der Waals surface area (Å²) in [5, 5.41) is 12.3. The van der Waals surface area contributed by atoms with Crippen molar-refractivity contribution in [3.05, 3.63) is 90.0 Å². The molecule has 0 aliphatic rings. The lowest BCUT2D eigenvalue weighted by Crippen LogP contribution is -2.14. The van der Waals surface area contributed by atoms with E-state index in [2.05, 4.69) is 20.5 Å². The molecule has 0 atom stereocenters. The normalized spacial score (nSPS) is 11.1. The number of para-hydroxylation sites is 1. The molecule has 0 saturated carbocycles. The smallest absolute Gasteiger partial charge is 0.258 e. The first-order chi connectivity index (χ1) is 15.6. The van der Waals surface area contributed by atoms with Gasteiger partial charge in [-0.2, -0.15) is 5.10 Å². The molecule has 0 bridgehead atoms. The second-order valence-electron chi connectivity index (χ2n) is 7.54. The number of carbonyl (C=O) groups excluding carboxylic acids is 1. The Morgan fingerprint density at radius 2 is 1.84 bits per heavy atom. The number of nitrogens with one attached hydrogen (secondary N) is 1. The number of hydrogen-bond donors (Lipinski definition) is 1. The summed E-state index contributed by atoms with van der Waals surface area (Å²) in [4.78, 5) is 22.2. The van der Waals surface area contributed by atoms with E-state index in [0.29, 0.717) is 17.8 Å². The molecule has 2 aromatic carbocycles. The lowest BCUT2D eigenvalue weighted by molar-refractivity contribution is 0.102. The number of nitrogens with zero attached hydrogens (tertiary/aromatic N) is 6. The lowest BCUT2D eigenvalue weighted by Gasteiger charge is -2.09. The number of amides is 1. The summed E-state index contributed by atoms with van der Waals surface area (Å²) < 4.78 is 3.48. The molecule has 5 rings (SSSR count). The minimum Gasteiger partial charge on any atom is -0.289 e. The van der Waals surface area contributed by atoms with Gasteiger partial charge in [0.25, 0.3) is 5.91 Å². The van der Waals surface area contributed by atoms with Gasteiger partial charge in [0, 0.05) is 23.7 Å². The third-order valence-electron chi connectivity index (χ3n) is 5.42. The molecule has 0 radical (unpaired) electrons. The van der Waals surface area contributed by atoms with Gasteiger partial charge in [-0.25, -0.2) is 14.6 Å². The molecular formula is C24H21N7O. The second kappa shape index (κ2) is 8.07. The first kappa shape index (κ1) is 19.6. The molecule has 0 fully saturated rings. The van der Waals surface area contributed by atoms with Gasteiger partial charge in [0.05, 0.1) is 29.5 Å². The van der Waals surface area contributed by atoms with E-state index in [1.54, 1.807) is 28.0 Å². The van der Waals surface area contributed by atoms with Crippen LogP contribution < -0.4 is 5.32 Å². The molecule has 8 heteroatoms. The van der Waals surface area contributed by atoms with Crippen molar-refractivity contribution in [3.8, 4) is 11.3 Å². The standard InChI is InChI=1S/C24H21N7O/c1-16-20(13-26-30(16)2)22-12-19(18-10-6-7-11-21(18)27-22)23(32)28-24-25-15-31(29-24)14-17-8-4-3-5-9-17/h3-13,15H,14H2,1-2H3,(H,28,29,32). The Hall–Kier alpha value is -4.33. The van der Waals surface area contributed by atoms with E-state index in [4.69, 9.17) is 4.98 Å². The zero-order valence-corrected chi connectivity index (χ0v) is 17.7. The van der Waals surface area contributed by atoms with Gasteiger partial charge in [-0.3, -0.25) is 14.8 Å². The molecule has 3 aromatic heterocycles. The van der Waals surface area contributed by atoms with Crippen molar-refractivity contribution >= 4 is 22.8 Å². The van der Waals surface area contributed by atoms with Gasteiger partial charge in [-0.05, 0) is 24.6 Å². The molecular weight excluding hydrogens is 402 g/mol.